The number of hydrogen-bond acceptors (Lipinski definition) is 3. The predicted octanol–water partition coefficient (Wildman–Crippen LogP) is 3.51. The summed E-state index contributed by atoms with van der Waals surface area (Å²) in [6.07, 6.45) is 2.77. The molecule has 2 rings (SSSR count). The van der Waals surface area contributed by atoms with E-state index in [1.165, 1.54) is 7.11 Å². The summed E-state index contributed by atoms with van der Waals surface area (Å²) in [5.74, 6) is -0.190. The number of benzene rings is 1. The number of carbonyl (C=O) groups is 1. The van der Waals surface area contributed by atoms with E-state index in [9.17, 15) is 4.79 Å². The fourth-order valence-electron chi connectivity index (χ4n) is 1.79. The van der Waals surface area contributed by atoms with Crippen molar-refractivity contribution in [1.29, 1.82) is 0 Å². The lowest BCUT2D eigenvalue weighted by Gasteiger charge is -2.04. The van der Waals surface area contributed by atoms with Gasteiger partial charge in [0.05, 0.1) is 7.11 Å². The summed E-state index contributed by atoms with van der Waals surface area (Å²) in [6, 6.07) is 11.8. The lowest BCUT2D eigenvalue weighted by molar-refractivity contribution is -0.140. The molecule has 0 aliphatic rings. The molecule has 0 unspecified atom stereocenters. The summed E-state index contributed by atoms with van der Waals surface area (Å²) in [4.78, 5) is 15.0. The van der Waals surface area contributed by atoms with Crippen molar-refractivity contribution in [3.8, 4) is 11.1 Å². The van der Waals surface area contributed by atoms with Gasteiger partial charge in [-0.05, 0) is 35.2 Å². The van der Waals surface area contributed by atoms with Crippen LogP contribution >= 0.6 is 11.6 Å². The van der Waals surface area contributed by atoms with Crippen molar-refractivity contribution in [1.82, 2.24) is 4.98 Å². The van der Waals surface area contributed by atoms with Crippen LogP contribution in [0.15, 0.2) is 42.6 Å². The first-order valence-electron chi connectivity index (χ1n) is 5.97. The van der Waals surface area contributed by atoms with Gasteiger partial charge in [-0.1, -0.05) is 35.9 Å². The maximum atomic E-state index is 11.1. The molecule has 0 atom stereocenters. The molecule has 0 saturated heterocycles. The maximum Gasteiger partial charge on any atom is 0.305 e. The Morgan fingerprint density at radius 3 is 2.58 bits per heavy atom. The second-order valence-corrected chi connectivity index (χ2v) is 4.53. The van der Waals surface area contributed by atoms with Crippen LogP contribution in [-0.4, -0.2) is 18.1 Å². The lowest BCUT2D eigenvalue weighted by atomic mass is 10.0. The number of halogens is 1. The fourth-order valence-corrected chi connectivity index (χ4v) is 1.97. The van der Waals surface area contributed by atoms with E-state index in [1.807, 2.05) is 36.4 Å². The number of methoxy groups -OCH3 is 1. The molecule has 3 nitrogen and oxygen atoms in total. The quantitative estimate of drug-likeness (QED) is 0.633. The molecule has 0 aliphatic heterocycles. The van der Waals surface area contributed by atoms with Crippen molar-refractivity contribution < 1.29 is 9.53 Å². The van der Waals surface area contributed by atoms with Crippen molar-refractivity contribution in [2.24, 2.45) is 0 Å². The van der Waals surface area contributed by atoms with Crippen LogP contribution in [0, 0.1) is 0 Å². The molecule has 0 amide bonds. The Morgan fingerprint density at radius 2 is 1.95 bits per heavy atom. The molecule has 0 N–H and O–H groups in total. The molecule has 0 bridgehead atoms. The zero-order chi connectivity index (χ0) is 13.7. The van der Waals surface area contributed by atoms with Crippen molar-refractivity contribution in [3.63, 3.8) is 0 Å². The highest BCUT2D eigenvalue weighted by Crippen LogP contribution is 2.21. The Kier molecular flexibility index (Phi) is 4.53. The van der Waals surface area contributed by atoms with Gasteiger partial charge in [0.2, 0.25) is 0 Å². The monoisotopic (exact) mass is 275 g/mol. The van der Waals surface area contributed by atoms with Gasteiger partial charge in [-0.3, -0.25) is 4.79 Å². The Morgan fingerprint density at radius 1 is 1.21 bits per heavy atom. The highest BCUT2D eigenvalue weighted by molar-refractivity contribution is 6.29. The number of aromatic nitrogens is 1. The van der Waals surface area contributed by atoms with Gasteiger partial charge in [0, 0.05) is 12.6 Å². The number of carbonyl (C=O) groups excluding carboxylic acids is 1. The van der Waals surface area contributed by atoms with Gasteiger partial charge >= 0.3 is 5.97 Å². The molecule has 0 spiro atoms. The molecular formula is C15H14ClNO2. The minimum Gasteiger partial charge on any atom is -0.469 e. The zero-order valence-electron chi connectivity index (χ0n) is 10.6. The molecule has 2 aromatic rings. The van der Waals surface area contributed by atoms with Crippen LogP contribution in [0.5, 0.6) is 0 Å². The largest absolute Gasteiger partial charge is 0.469 e. The zero-order valence-corrected chi connectivity index (χ0v) is 11.4. The summed E-state index contributed by atoms with van der Waals surface area (Å²) in [5, 5.41) is 0.479. The van der Waals surface area contributed by atoms with Gasteiger partial charge in [-0.2, -0.15) is 0 Å². The third-order valence-electron chi connectivity index (χ3n) is 2.86. The highest BCUT2D eigenvalue weighted by atomic mass is 35.5. The van der Waals surface area contributed by atoms with Gasteiger partial charge in [-0.15, -0.1) is 0 Å². The van der Waals surface area contributed by atoms with E-state index in [4.69, 9.17) is 11.6 Å². The Hall–Kier alpha value is -1.87. The number of pyridine rings is 1. The summed E-state index contributed by atoms with van der Waals surface area (Å²) in [7, 11) is 1.40. The molecule has 0 radical (unpaired) electrons. The molecule has 1 aromatic carbocycles. The molecule has 19 heavy (non-hydrogen) atoms. The molecule has 0 fully saturated rings. The minimum atomic E-state index is -0.190. The molecule has 1 aromatic heterocycles. The van der Waals surface area contributed by atoms with E-state index in [-0.39, 0.29) is 5.97 Å². The number of esters is 1. The smallest absolute Gasteiger partial charge is 0.305 e. The second-order valence-electron chi connectivity index (χ2n) is 4.14. The third kappa shape index (κ3) is 3.80. The van der Waals surface area contributed by atoms with Crippen LogP contribution in [0.25, 0.3) is 11.1 Å². The van der Waals surface area contributed by atoms with Crippen molar-refractivity contribution in [2.75, 3.05) is 7.11 Å². The predicted molar refractivity (Wildman–Crippen MR) is 75.0 cm³/mol. The first-order chi connectivity index (χ1) is 9.19. The Balaban J connectivity index is 2.08. The highest BCUT2D eigenvalue weighted by Gasteiger charge is 2.03. The Labute approximate surface area is 117 Å². The molecule has 1 heterocycles. The van der Waals surface area contributed by atoms with Crippen LogP contribution in [0.3, 0.4) is 0 Å². The van der Waals surface area contributed by atoms with Gasteiger partial charge in [0.25, 0.3) is 0 Å². The van der Waals surface area contributed by atoms with Crippen LogP contribution in [0.4, 0.5) is 0 Å². The first-order valence-corrected chi connectivity index (χ1v) is 6.34. The van der Waals surface area contributed by atoms with Crippen molar-refractivity contribution in [2.45, 2.75) is 12.8 Å². The standard InChI is InChI=1S/C15H14ClNO2/c1-19-15(18)7-4-11-2-5-12(6-3-11)13-8-9-17-14(16)10-13/h2-3,5-6,8-10H,4,7H2,1H3. The molecular weight excluding hydrogens is 262 g/mol. The Bertz CT molecular complexity index is 567. The molecule has 98 valence electrons. The molecule has 0 saturated carbocycles. The second kappa shape index (κ2) is 6.34. The average Bonchev–Trinajstić information content (AvgIpc) is 2.45. The molecule has 4 heteroatoms. The van der Waals surface area contributed by atoms with Gasteiger partial charge in [0.15, 0.2) is 0 Å². The average molecular weight is 276 g/mol. The first kappa shape index (κ1) is 13.6. The number of nitrogens with zero attached hydrogens (tertiary/aromatic N) is 1. The fraction of sp³-hybridized carbons (Fsp3) is 0.200. The lowest BCUT2D eigenvalue weighted by Crippen LogP contribution is -2.01. The topological polar surface area (TPSA) is 39.2 Å². The van der Waals surface area contributed by atoms with Crippen molar-refractivity contribution >= 4 is 17.6 Å². The number of ether oxygens (including phenoxy) is 1. The summed E-state index contributed by atoms with van der Waals surface area (Å²) in [5.41, 5.74) is 3.21. The van der Waals surface area contributed by atoms with E-state index in [1.54, 1.807) is 6.20 Å². The van der Waals surface area contributed by atoms with Crippen LogP contribution in [-0.2, 0) is 16.0 Å². The van der Waals surface area contributed by atoms with Crippen LogP contribution < -0.4 is 0 Å². The number of rotatable bonds is 4. The van der Waals surface area contributed by atoms with Gasteiger partial charge in [0.1, 0.15) is 5.15 Å². The van der Waals surface area contributed by atoms with Crippen molar-refractivity contribution in [3.05, 3.63) is 53.3 Å². The minimum absolute atomic E-state index is 0.190. The van der Waals surface area contributed by atoms with Gasteiger partial charge in [-0.25, -0.2) is 4.98 Å². The van der Waals surface area contributed by atoms with Crippen LogP contribution in [0.2, 0.25) is 5.15 Å². The normalized spacial score (nSPS) is 10.2. The van der Waals surface area contributed by atoms with E-state index < -0.39 is 0 Å². The van der Waals surface area contributed by atoms with Crippen LogP contribution in [0.1, 0.15) is 12.0 Å². The van der Waals surface area contributed by atoms with E-state index >= 15 is 0 Å². The summed E-state index contributed by atoms with van der Waals surface area (Å²) < 4.78 is 4.62. The SMILES string of the molecule is COC(=O)CCc1ccc(-c2ccnc(Cl)c2)cc1. The number of hydrogen-bond donors (Lipinski definition) is 0. The van der Waals surface area contributed by atoms with Gasteiger partial charge < -0.3 is 4.74 Å². The van der Waals surface area contributed by atoms with E-state index in [0.29, 0.717) is 18.0 Å². The third-order valence-corrected chi connectivity index (χ3v) is 3.07. The molecule has 0 aliphatic carbocycles. The maximum absolute atomic E-state index is 11.1. The van der Waals surface area contributed by atoms with E-state index in [2.05, 4.69) is 9.72 Å². The number of aryl methyl sites for hydroxylation is 1. The summed E-state index contributed by atoms with van der Waals surface area (Å²) >= 11 is 5.86. The summed E-state index contributed by atoms with van der Waals surface area (Å²) in [6.45, 7) is 0. The van der Waals surface area contributed by atoms with E-state index in [0.717, 1.165) is 16.7 Å².